The Labute approximate surface area is 156 Å². The van der Waals surface area contributed by atoms with Crippen molar-refractivity contribution in [3.8, 4) is 0 Å². The molecule has 1 aliphatic rings. The lowest BCUT2D eigenvalue weighted by atomic mass is 9.61. The van der Waals surface area contributed by atoms with Crippen molar-refractivity contribution in [1.82, 2.24) is 0 Å². The van der Waals surface area contributed by atoms with Crippen molar-refractivity contribution >= 4 is 28.3 Å². The molecule has 23 heavy (non-hydrogen) atoms. The number of aryl methyl sites for hydroxylation is 1. The van der Waals surface area contributed by atoms with Gasteiger partial charge in [-0.2, -0.15) is 0 Å². The molecule has 1 aromatic rings. The average Bonchev–Trinajstić information content (AvgIpc) is 2.35. The van der Waals surface area contributed by atoms with Crippen molar-refractivity contribution in [2.75, 3.05) is 5.32 Å². The Kier molecular flexibility index (Phi) is 5.55. The van der Waals surface area contributed by atoms with Gasteiger partial charge in [0, 0.05) is 14.8 Å². The largest absolute Gasteiger partial charge is 0.380 e. The molecular weight excluding hydrogens is 393 g/mol. The van der Waals surface area contributed by atoms with E-state index in [-0.39, 0.29) is 11.0 Å². The van der Waals surface area contributed by atoms with Gasteiger partial charge in [0.2, 0.25) is 0 Å². The van der Waals surface area contributed by atoms with Crippen LogP contribution in [-0.2, 0) is 11.8 Å². The van der Waals surface area contributed by atoms with Crippen LogP contribution < -0.4 is 5.32 Å². The van der Waals surface area contributed by atoms with E-state index in [1.807, 2.05) is 0 Å². The van der Waals surface area contributed by atoms with Gasteiger partial charge >= 0.3 is 0 Å². The topological polar surface area (TPSA) is 12.0 Å². The minimum absolute atomic E-state index is 0.0971. The number of nitrogens with one attached hydrogen (secondary N) is 1. The number of hydrogen-bond donors (Lipinski definition) is 1. The van der Waals surface area contributed by atoms with Crippen molar-refractivity contribution in [1.29, 1.82) is 0 Å². The van der Waals surface area contributed by atoms with Crippen molar-refractivity contribution in [3.63, 3.8) is 0 Å². The van der Waals surface area contributed by atoms with Crippen LogP contribution in [0.4, 0.5) is 5.69 Å². The SMILES string of the molecule is C=C(C)CC[C@H]1C(C)(C)Nc2cc(CCC)cc(I)c2C1(C)C. The third-order valence-electron chi connectivity index (χ3n) is 5.39. The maximum Gasteiger partial charge on any atom is 0.0395 e. The van der Waals surface area contributed by atoms with Crippen molar-refractivity contribution in [2.45, 2.75) is 78.2 Å². The van der Waals surface area contributed by atoms with Crippen molar-refractivity contribution < 1.29 is 0 Å². The van der Waals surface area contributed by atoms with Crippen LogP contribution in [0.1, 0.15) is 71.9 Å². The zero-order valence-electron chi connectivity index (χ0n) is 15.6. The summed E-state index contributed by atoms with van der Waals surface area (Å²) in [6, 6.07) is 4.78. The molecule has 1 aromatic carbocycles. The van der Waals surface area contributed by atoms with Crippen LogP contribution in [0.2, 0.25) is 0 Å². The van der Waals surface area contributed by atoms with Crippen molar-refractivity contribution in [3.05, 3.63) is 39.0 Å². The van der Waals surface area contributed by atoms with Gasteiger partial charge in [0.25, 0.3) is 0 Å². The second-order valence-electron chi connectivity index (χ2n) is 8.37. The lowest BCUT2D eigenvalue weighted by molar-refractivity contribution is 0.194. The highest BCUT2D eigenvalue weighted by Gasteiger charge is 2.47. The summed E-state index contributed by atoms with van der Waals surface area (Å²) in [6.45, 7) is 18.1. The van der Waals surface area contributed by atoms with Crippen LogP contribution in [0.5, 0.6) is 0 Å². The number of anilines is 1. The number of rotatable bonds is 5. The molecule has 0 aromatic heterocycles. The number of hydrogen-bond acceptors (Lipinski definition) is 1. The van der Waals surface area contributed by atoms with E-state index in [0.717, 1.165) is 12.8 Å². The first kappa shape index (κ1) is 18.8. The Bertz CT molecular complexity index is 598. The summed E-state index contributed by atoms with van der Waals surface area (Å²) in [6.07, 6.45) is 4.65. The second kappa shape index (κ2) is 6.78. The van der Waals surface area contributed by atoms with E-state index >= 15 is 0 Å². The first-order valence-corrected chi connectivity index (χ1v) is 9.93. The van der Waals surface area contributed by atoms with Gasteiger partial charge in [-0.15, -0.1) is 6.58 Å². The minimum atomic E-state index is 0.0971. The molecule has 2 heteroatoms. The fourth-order valence-corrected chi connectivity index (χ4v) is 5.86. The first-order chi connectivity index (χ1) is 10.6. The molecule has 1 aliphatic heterocycles. The summed E-state index contributed by atoms with van der Waals surface area (Å²) in [5, 5.41) is 3.87. The summed E-state index contributed by atoms with van der Waals surface area (Å²) in [4.78, 5) is 0. The van der Waals surface area contributed by atoms with E-state index in [1.165, 1.54) is 38.8 Å². The highest BCUT2D eigenvalue weighted by molar-refractivity contribution is 14.1. The Hall–Kier alpha value is -0.510. The van der Waals surface area contributed by atoms with E-state index in [2.05, 4.69) is 88.2 Å². The minimum Gasteiger partial charge on any atom is -0.380 e. The predicted molar refractivity (Wildman–Crippen MR) is 111 cm³/mol. The Morgan fingerprint density at radius 2 is 1.91 bits per heavy atom. The van der Waals surface area contributed by atoms with Crippen LogP contribution in [0.3, 0.4) is 0 Å². The van der Waals surface area contributed by atoms with Gasteiger partial charge in [-0.25, -0.2) is 0 Å². The fourth-order valence-electron chi connectivity index (χ4n) is 4.47. The van der Waals surface area contributed by atoms with Gasteiger partial charge in [-0.05, 0) is 97.2 Å². The molecule has 0 aliphatic carbocycles. The molecule has 1 heterocycles. The molecule has 1 atom stereocenters. The van der Waals surface area contributed by atoms with E-state index in [1.54, 1.807) is 0 Å². The second-order valence-corrected chi connectivity index (χ2v) is 9.53. The summed E-state index contributed by atoms with van der Waals surface area (Å²) in [5.41, 5.74) is 5.86. The van der Waals surface area contributed by atoms with Crippen LogP contribution in [0.15, 0.2) is 24.3 Å². The summed E-state index contributed by atoms with van der Waals surface area (Å²) < 4.78 is 1.41. The van der Waals surface area contributed by atoms with Gasteiger partial charge < -0.3 is 5.32 Å². The van der Waals surface area contributed by atoms with Crippen molar-refractivity contribution in [2.24, 2.45) is 5.92 Å². The lowest BCUT2D eigenvalue weighted by Gasteiger charge is -2.52. The molecule has 0 saturated carbocycles. The molecule has 1 N–H and O–H groups in total. The molecule has 0 radical (unpaired) electrons. The van der Waals surface area contributed by atoms with E-state index < -0.39 is 0 Å². The van der Waals surface area contributed by atoms with E-state index in [9.17, 15) is 0 Å². The maximum atomic E-state index is 4.11. The Balaban J connectivity index is 2.49. The van der Waals surface area contributed by atoms with Crippen LogP contribution in [-0.4, -0.2) is 5.54 Å². The number of fused-ring (bicyclic) bond motifs is 1. The maximum absolute atomic E-state index is 4.11. The van der Waals surface area contributed by atoms with E-state index in [4.69, 9.17) is 0 Å². The number of allylic oxidation sites excluding steroid dienone is 1. The molecular formula is C21H32IN. The Morgan fingerprint density at radius 1 is 1.26 bits per heavy atom. The fraction of sp³-hybridized carbons (Fsp3) is 0.619. The Morgan fingerprint density at radius 3 is 2.48 bits per heavy atom. The average molecular weight is 425 g/mol. The zero-order chi connectivity index (χ0) is 17.4. The number of benzene rings is 1. The zero-order valence-corrected chi connectivity index (χ0v) is 17.8. The summed E-state index contributed by atoms with van der Waals surface area (Å²) in [5.74, 6) is 0.588. The predicted octanol–water partition coefficient (Wildman–Crippen LogP) is 6.70. The van der Waals surface area contributed by atoms with Gasteiger partial charge in [0.1, 0.15) is 0 Å². The highest BCUT2D eigenvalue weighted by atomic mass is 127. The molecule has 0 saturated heterocycles. The first-order valence-electron chi connectivity index (χ1n) is 8.85. The molecule has 0 unspecified atom stereocenters. The van der Waals surface area contributed by atoms with Gasteiger partial charge in [0.05, 0.1) is 0 Å². The van der Waals surface area contributed by atoms with Crippen LogP contribution >= 0.6 is 22.6 Å². The van der Waals surface area contributed by atoms with Gasteiger partial charge in [0.15, 0.2) is 0 Å². The van der Waals surface area contributed by atoms with Crippen LogP contribution in [0, 0.1) is 9.49 Å². The van der Waals surface area contributed by atoms with Crippen LogP contribution in [0.25, 0.3) is 0 Å². The lowest BCUT2D eigenvalue weighted by Crippen LogP contribution is -2.53. The standard InChI is InChI=1S/C21H32IN/c1-8-9-15-12-16(22)19-17(13-15)23-21(6,7)18(20(19,4)5)11-10-14(2)3/h12-13,18,23H,2,8-11H2,1,3-7H3/t18-/m1/s1. The molecule has 0 bridgehead atoms. The summed E-state index contributed by atoms with van der Waals surface area (Å²) >= 11 is 2.54. The molecule has 2 rings (SSSR count). The highest BCUT2D eigenvalue weighted by Crippen LogP contribution is 2.51. The quantitative estimate of drug-likeness (QED) is 0.409. The third-order valence-corrected chi connectivity index (χ3v) is 6.24. The molecule has 128 valence electrons. The number of halogens is 1. The smallest absolute Gasteiger partial charge is 0.0395 e. The monoisotopic (exact) mass is 425 g/mol. The van der Waals surface area contributed by atoms with E-state index in [0.29, 0.717) is 5.92 Å². The van der Waals surface area contributed by atoms with Gasteiger partial charge in [-0.1, -0.05) is 32.8 Å². The molecule has 0 spiro atoms. The summed E-state index contributed by atoms with van der Waals surface area (Å²) in [7, 11) is 0. The molecule has 0 fully saturated rings. The normalized spacial score (nSPS) is 21.4. The van der Waals surface area contributed by atoms with Gasteiger partial charge in [-0.3, -0.25) is 0 Å². The molecule has 1 nitrogen and oxygen atoms in total. The third kappa shape index (κ3) is 3.78. The molecule has 0 amide bonds.